The Morgan fingerprint density at radius 1 is 1.33 bits per heavy atom. The zero-order chi connectivity index (χ0) is 21.9. The van der Waals surface area contributed by atoms with Crippen molar-refractivity contribution in [3.63, 3.8) is 0 Å². The van der Waals surface area contributed by atoms with Crippen molar-refractivity contribution in [1.82, 2.24) is 9.97 Å². The van der Waals surface area contributed by atoms with Crippen LogP contribution >= 0.6 is 0 Å². The molecule has 162 valence electrons. The van der Waals surface area contributed by atoms with Crippen LogP contribution in [0, 0.1) is 5.82 Å². The quantitative estimate of drug-likeness (QED) is 0.691. The topological polar surface area (TPSA) is 75.6 Å². The third kappa shape index (κ3) is 5.40. The summed E-state index contributed by atoms with van der Waals surface area (Å²) >= 11 is 0. The molecule has 1 N–H and O–H groups in total. The Balaban J connectivity index is 1.62. The van der Waals surface area contributed by atoms with Crippen molar-refractivity contribution in [2.45, 2.75) is 51.1 Å². The van der Waals surface area contributed by atoms with E-state index < -0.39 is 30.0 Å². The Kier molecular flexibility index (Phi) is 6.48. The lowest BCUT2D eigenvalue weighted by atomic mass is 10.0. The zero-order valence-corrected chi connectivity index (χ0v) is 16.8. The molecular weight excluding hydrogens is 399 g/mol. The predicted octanol–water partition coefficient (Wildman–Crippen LogP) is 4.05. The van der Waals surface area contributed by atoms with Crippen molar-refractivity contribution >= 4 is 11.8 Å². The Hall–Kier alpha value is -2.84. The smallest absolute Gasteiger partial charge is 0.310 e. The van der Waals surface area contributed by atoms with E-state index in [1.165, 1.54) is 6.33 Å². The number of alkyl halides is 2. The van der Waals surface area contributed by atoms with Gasteiger partial charge in [-0.05, 0) is 38.0 Å². The molecule has 2 atom stereocenters. The van der Waals surface area contributed by atoms with Gasteiger partial charge in [-0.3, -0.25) is 4.79 Å². The molecule has 0 saturated carbocycles. The second-order valence-corrected chi connectivity index (χ2v) is 7.63. The first-order chi connectivity index (χ1) is 14.1. The molecule has 0 spiro atoms. The van der Waals surface area contributed by atoms with Gasteiger partial charge in [0.1, 0.15) is 18.2 Å². The van der Waals surface area contributed by atoms with Gasteiger partial charge in [-0.1, -0.05) is 12.1 Å². The van der Waals surface area contributed by atoms with Crippen LogP contribution in [0.25, 0.3) is 0 Å². The number of carboxylic acids is 1. The minimum Gasteiger partial charge on any atom is -0.489 e. The van der Waals surface area contributed by atoms with Crippen LogP contribution in [-0.2, 0) is 11.2 Å². The van der Waals surface area contributed by atoms with Gasteiger partial charge in [0.25, 0.3) is 0 Å². The summed E-state index contributed by atoms with van der Waals surface area (Å²) in [5.74, 6) is -4.38. The molecule has 1 fully saturated rings. The maximum atomic E-state index is 14.7. The number of hydrogen-bond acceptors (Lipinski definition) is 5. The fourth-order valence-electron chi connectivity index (χ4n) is 3.32. The van der Waals surface area contributed by atoms with E-state index in [2.05, 4.69) is 9.97 Å². The molecule has 1 aliphatic rings. The van der Waals surface area contributed by atoms with Crippen molar-refractivity contribution in [3.8, 4) is 5.75 Å². The number of carboxylic acid groups (broad SMARTS) is 1. The number of nitrogens with zero attached hydrogens (tertiary/aromatic N) is 3. The minimum absolute atomic E-state index is 0.0194. The molecule has 1 aromatic heterocycles. The molecule has 0 aliphatic carbocycles. The molecule has 1 aromatic carbocycles. The van der Waals surface area contributed by atoms with Gasteiger partial charge in [0, 0.05) is 19.4 Å². The van der Waals surface area contributed by atoms with Crippen molar-refractivity contribution in [2.24, 2.45) is 0 Å². The summed E-state index contributed by atoms with van der Waals surface area (Å²) in [5.41, 5.74) is 0.658. The van der Waals surface area contributed by atoms with E-state index in [0.29, 0.717) is 30.8 Å². The monoisotopic (exact) mass is 423 g/mol. The Labute approximate surface area is 172 Å². The zero-order valence-electron chi connectivity index (χ0n) is 16.8. The molecule has 9 heteroatoms. The van der Waals surface area contributed by atoms with Crippen LogP contribution < -0.4 is 9.64 Å². The second kappa shape index (κ2) is 8.89. The molecular formula is C21H24F3N3O3. The number of ether oxygens (including phenoxy) is 1. The number of halogens is 3. The van der Waals surface area contributed by atoms with Gasteiger partial charge in [0.15, 0.2) is 11.6 Å². The number of aryl methyl sites for hydroxylation is 1. The fraction of sp³-hybridized carbons (Fsp3) is 0.476. The average Bonchev–Trinajstić information content (AvgIpc) is 3.14. The van der Waals surface area contributed by atoms with Crippen molar-refractivity contribution in [3.05, 3.63) is 47.7 Å². The minimum atomic E-state index is -2.89. The van der Waals surface area contributed by atoms with Gasteiger partial charge in [0.2, 0.25) is 5.92 Å². The number of benzene rings is 1. The summed E-state index contributed by atoms with van der Waals surface area (Å²) in [4.78, 5) is 20.6. The molecule has 6 nitrogen and oxygen atoms in total. The van der Waals surface area contributed by atoms with E-state index in [1.54, 1.807) is 36.1 Å². The third-order valence-electron chi connectivity index (χ3n) is 5.14. The molecule has 0 amide bonds. The van der Waals surface area contributed by atoms with E-state index in [4.69, 9.17) is 9.84 Å². The Morgan fingerprint density at radius 2 is 2.03 bits per heavy atom. The first-order valence-electron chi connectivity index (χ1n) is 9.75. The van der Waals surface area contributed by atoms with Crippen molar-refractivity contribution in [1.29, 1.82) is 0 Å². The van der Waals surface area contributed by atoms with Crippen LogP contribution in [0.4, 0.5) is 19.0 Å². The van der Waals surface area contributed by atoms with Gasteiger partial charge >= 0.3 is 5.97 Å². The maximum absolute atomic E-state index is 14.7. The first kappa shape index (κ1) is 21.9. The molecule has 30 heavy (non-hydrogen) atoms. The number of rotatable bonds is 8. The lowest BCUT2D eigenvalue weighted by molar-refractivity contribution is -0.138. The number of anilines is 1. The number of aliphatic carboxylic acids is 1. The second-order valence-electron chi connectivity index (χ2n) is 7.63. The lowest BCUT2D eigenvalue weighted by Crippen LogP contribution is -2.26. The average molecular weight is 423 g/mol. The van der Waals surface area contributed by atoms with Crippen LogP contribution in [0.5, 0.6) is 5.75 Å². The van der Waals surface area contributed by atoms with Gasteiger partial charge in [-0.2, -0.15) is 0 Å². The summed E-state index contributed by atoms with van der Waals surface area (Å²) in [6.45, 7) is 3.31. The van der Waals surface area contributed by atoms with Crippen molar-refractivity contribution in [2.75, 3.05) is 18.0 Å². The fourth-order valence-corrected chi connectivity index (χ4v) is 3.32. The highest BCUT2D eigenvalue weighted by Gasteiger charge is 2.29. The standard InChI is InChI=1S/C21H24F3N3O3/c1-13(20(28)29)14-3-5-15(6-4-14)30-16-8-10-27(11-16)19-18(22)17(25-12-26-19)7-9-21(2,23)24/h3-6,12-13,16H,7-11H2,1-2H3,(H,28,29)/t13?,16-/m1/s1. The Morgan fingerprint density at radius 3 is 2.67 bits per heavy atom. The molecule has 1 aliphatic heterocycles. The molecule has 3 rings (SSSR count). The highest BCUT2D eigenvalue weighted by Crippen LogP contribution is 2.27. The van der Waals surface area contributed by atoms with E-state index in [0.717, 1.165) is 6.92 Å². The summed E-state index contributed by atoms with van der Waals surface area (Å²) in [6, 6.07) is 6.85. The van der Waals surface area contributed by atoms with Crippen LogP contribution in [0.1, 0.15) is 43.9 Å². The highest BCUT2D eigenvalue weighted by atomic mass is 19.3. The largest absolute Gasteiger partial charge is 0.489 e. The molecule has 0 radical (unpaired) electrons. The van der Waals surface area contributed by atoms with Crippen LogP contribution in [-0.4, -0.2) is 46.2 Å². The number of hydrogen-bond donors (Lipinski definition) is 1. The normalized spacial score (nSPS) is 17.8. The summed E-state index contributed by atoms with van der Waals surface area (Å²) in [6.07, 6.45) is 0.977. The van der Waals surface area contributed by atoms with Gasteiger partial charge in [-0.15, -0.1) is 0 Å². The van der Waals surface area contributed by atoms with Crippen molar-refractivity contribution < 1.29 is 27.8 Å². The summed E-state index contributed by atoms with van der Waals surface area (Å²) in [5, 5.41) is 9.07. The highest BCUT2D eigenvalue weighted by molar-refractivity contribution is 5.75. The first-order valence-corrected chi connectivity index (χ1v) is 9.75. The van der Waals surface area contributed by atoms with E-state index in [1.807, 2.05) is 0 Å². The van der Waals surface area contributed by atoms with E-state index >= 15 is 0 Å². The van der Waals surface area contributed by atoms with Gasteiger partial charge in [0.05, 0.1) is 18.2 Å². The molecule has 1 unspecified atom stereocenters. The van der Waals surface area contributed by atoms with Gasteiger partial charge in [-0.25, -0.2) is 23.1 Å². The number of carbonyl (C=O) groups is 1. The van der Waals surface area contributed by atoms with Crippen LogP contribution in [0.15, 0.2) is 30.6 Å². The molecule has 0 bridgehead atoms. The summed E-state index contributed by atoms with van der Waals surface area (Å²) in [7, 11) is 0. The predicted molar refractivity (Wildman–Crippen MR) is 105 cm³/mol. The molecule has 2 aromatic rings. The number of aromatic nitrogens is 2. The maximum Gasteiger partial charge on any atom is 0.310 e. The van der Waals surface area contributed by atoms with E-state index in [-0.39, 0.29) is 24.0 Å². The SMILES string of the molecule is CC(C(=O)O)c1ccc(O[C@@H]2CCN(c3ncnc(CCC(C)(F)F)c3F)C2)cc1. The van der Waals surface area contributed by atoms with Gasteiger partial charge < -0.3 is 14.7 Å². The lowest BCUT2D eigenvalue weighted by Gasteiger charge is -2.19. The van der Waals surface area contributed by atoms with Crippen LogP contribution in [0.2, 0.25) is 0 Å². The molecule has 1 saturated heterocycles. The molecule has 2 heterocycles. The third-order valence-corrected chi connectivity index (χ3v) is 5.14. The Bertz CT molecular complexity index is 887. The summed E-state index contributed by atoms with van der Waals surface area (Å²) < 4.78 is 46.8. The van der Waals surface area contributed by atoms with Crippen LogP contribution in [0.3, 0.4) is 0 Å². The van der Waals surface area contributed by atoms with E-state index in [9.17, 15) is 18.0 Å².